The summed E-state index contributed by atoms with van der Waals surface area (Å²) < 4.78 is 6.01. The molecule has 0 radical (unpaired) electrons. The molecular weight excluding hydrogens is 432 g/mol. The fourth-order valence-corrected chi connectivity index (χ4v) is 4.55. The lowest BCUT2D eigenvalue weighted by Crippen LogP contribution is -2.49. The minimum atomic E-state index is 0.00740. The Bertz CT molecular complexity index is 973. The van der Waals surface area contributed by atoms with Crippen molar-refractivity contribution in [2.75, 3.05) is 52.9 Å². The number of carbonyl (C=O) groups is 2. The molecule has 2 aromatic rings. The Labute approximate surface area is 201 Å². The van der Waals surface area contributed by atoms with Crippen LogP contribution in [0.1, 0.15) is 28.8 Å². The summed E-state index contributed by atoms with van der Waals surface area (Å²) in [6.45, 7) is 6.06. The van der Waals surface area contributed by atoms with Crippen molar-refractivity contribution in [2.24, 2.45) is 0 Å². The number of aromatic hydroxyl groups is 1. The molecule has 0 bridgehead atoms. The molecule has 0 spiro atoms. The Morgan fingerprint density at radius 2 is 1.91 bits per heavy atom. The molecule has 0 saturated carbocycles. The largest absolute Gasteiger partial charge is 0.508 e. The van der Waals surface area contributed by atoms with E-state index in [0.29, 0.717) is 31.7 Å². The number of piperazine rings is 1. The van der Waals surface area contributed by atoms with Crippen molar-refractivity contribution in [1.29, 1.82) is 0 Å². The van der Waals surface area contributed by atoms with E-state index in [1.807, 2.05) is 17.0 Å². The van der Waals surface area contributed by atoms with Crippen molar-refractivity contribution < 1.29 is 19.4 Å². The first-order valence-corrected chi connectivity index (χ1v) is 12.0. The zero-order valence-electron chi connectivity index (χ0n) is 19.8. The van der Waals surface area contributed by atoms with Gasteiger partial charge in [0.25, 0.3) is 5.91 Å². The summed E-state index contributed by atoms with van der Waals surface area (Å²) in [5, 5.41) is 12.4. The molecule has 2 fully saturated rings. The fourth-order valence-electron chi connectivity index (χ4n) is 4.55. The minimum absolute atomic E-state index is 0.00740. The standard InChI is InChI=1S/C26H34N4O4/c1-28(19-22-7-10-25(32)27-22)18-20-3-2-4-24(17-20)34-16-15-29-11-13-30(14-12-29)26(33)21-5-8-23(31)9-6-21/h2-6,8-9,17,22,31H,7,10-16,18-19H2,1H3,(H,27,32)/t22-/m0/s1. The van der Waals surface area contributed by atoms with E-state index in [1.165, 1.54) is 5.56 Å². The predicted octanol–water partition coefficient (Wildman–Crippen LogP) is 1.94. The monoisotopic (exact) mass is 466 g/mol. The second-order valence-corrected chi connectivity index (χ2v) is 9.18. The van der Waals surface area contributed by atoms with Gasteiger partial charge in [-0.25, -0.2) is 0 Å². The third-order valence-corrected chi connectivity index (χ3v) is 6.42. The van der Waals surface area contributed by atoms with Crippen LogP contribution in [0.3, 0.4) is 0 Å². The number of carbonyl (C=O) groups excluding carboxylic acids is 2. The summed E-state index contributed by atoms with van der Waals surface area (Å²) in [6.07, 6.45) is 1.54. The average Bonchev–Trinajstić information content (AvgIpc) is 3.24. The highest BCUT2D eigenvalue weighted by molar-refractivity contribution is 5.94. The van der Waals surface area contributed by atoms with E-state index >= 15 is 0 Å². The van der Waals surface area contributed by atoms with Gasteiger partial charge in [-0.2, -0.15) is 0 Å². The molecule has 2 amide bonds. The number of likely N-dealkylation sites (N-methyl/N-ethyl adjacent to an activating group) is 1. The van der Waals surface area contributed by atoms with Gasteiger partial charge in [0.05, 0.1) is 0 Å². The number of hydrogen-bond donors (Lipinski definition) is 2. The Morgan fingerprint density at radius 1 is 1.15 bits per heavy atom. The molecule has 2 N–H and O–H groups in total. The SMILES string of the molecule is CN(Cc1cccc(OCCN2CCN(C(=O)c3ccc(O)cc3)CC2)c1)C[C@@H]1CCC(=O)N1. The van der Waals surface area contributed by atoms with Gasteiger partial charge < -0.3 is 25.0 Å². The Kier molecular flexibility index (Phi) is 8.03. The number of benzene rings is 2. The number of phenolic OH excluding ortho intramolecular Hbond substituents is 1. The van der Waals surface area contributed by atoms with Gasteiger partial charge >= 0.3 is 0 Å². The van der Waals surface area contributed by atoms with E-state index < -0.39 is 0 Å². The number of phenols is 1. The smallest absolute Gasteiger partial charge is 0.253 e. The number of rotatable bonds is 9. The highest BCUT2D eigenvalue weighted by atomic mass is 16.5. The van der Waals surface area contributed by atoms with Gasteiger partial charge in [0, 0.05) is 63.8 Å². The summed E-state index contributed by atoms with van der Waals surface area (Å²) in [4.78, 5) is 30.4. The van der Waals surface area contributed by atoms with Crippen LogP contribution in [0.5, 0.6) is 11.5 Å². The zero-order chi connectivity index (χ0) is 23.9. The van der Waals surface area contributed by atoms with Crippen molar-refractivity contribution in [3.8, 4) is 11.5 Å². The number of amides is 2. The van der Waals surface area contributed by atoms with Crippen LogP contribution in [0.2, 0.25) is 0 Å². The maximum absolute atomic E-state index is 12.6. The summed E-state index contributed by atoms with van der Waals surface area (Å²) in [5.74, 6) is 1.19. The lowest BCUT2D eigenvalue weighted by molar-refractivity contribution is -0.119. The fraction of sp³-hybridized carbons (Fsp3) is 0.462. The second-order valence-electron chi connectivity index (χ2n) is 9.18. The predicted molar refractivity (Wildman–Crippen MR) is 130 cm³/mol. The van der Waals surface area contributed by atoms with Gasteiger partial charge in [0.1, 0.15) is 18.1 Å². The molecule has 8 heteroatoms. The third-order valence-electron chi connectivity index (χ3n) is 6.42. The highest BCUT2D eigenvalue weighted by Gasteiger charge is 2.23. The van der Waals surface area contributed by atoms with Crippen LogP contribution in [0.15, 0.2) is 48.5 Å². The molecule has 8 nitrogen and oxygen atoms in total. The normalized spacial score (nSPS) is 18.8. The first-order chi connectivity index (χ1) is 16.5. The topological polar surface area (TPSA) is 85.3 Å². The van der Waals surface area contributed by atoms with Gasteiger partial charge in [-0.15, -0.1) is 0 Å². The number of hydrogen-bond acceptors (Lipinski definition) is 6. The van der Waals surface area contributed by atoms with Gasteiger partial charge in [0.15, 0.2) is 0 Å². The van der Waals surface area contributed by atoms with Crippen molar-refractivity contribution >= 4 is 11.8 Å². The molecule has 4 rings (SSSR count). The molecule has 2 heterocycles. The number of nitrogens with zero attached hydrogens (tertiary/aromatic N) is 3. The zero-order valence-corrected chi connectivity index (χ0v) is 19.8. The molecule has 182 valence electrons. The summed E-state index contributed by atoms with van der Waals surface area (Å²) >= 11 is 0. The molecule has 0 aliphatic carbocycles. The van der Waals surface area contributed by atoms with Crippen molar-refractivity contribution in [1.82, 2.24) is 20.0 Å². The number of ether oxygens (including phenoxy) is 1. The quantitative estimate of drug-likeness (QED) is 0.588. The molecule has 34 heavy (non-hydrogen) atoms. The van der Waals surface area contributed by atoms with Crippen LogP contribution in [-0.4, -0.2) is 90.6 Å². The van der Waals surface area contributed by atoms with Crippen molar-refractivity contribution in [3.63, 3.8) is 0 Å². The lowest BCUT2D eigenvalue weighted by Gasteiger charge is -2.34. The van der Waals surface area contributed by atoms with Crippen LogP contribution in [0.4, 0.5) is 0 Å². The summed E-state index contributed by atoms with van der Waals surface area (Å²) in [5.41, 5.74) is 1.79. The van der Waals surface area contributed by atoms with E-state index in [1.54, 1.807) is 24.3 Å². The highest BCUT2D eigenvalue weighted by Crippen LogP contribution is 2.17. The molecule has 2 saturated heterocycles. The Hall–Kier alpha value is -3.10. The van der Waals surface area contributed by atoms with E-state index in [4.69, 9.17) is 4.74 Å². The maximum Gasteiger partial charge on any atom is 0.253 e. The van der Waals surface area contributed by atoms with E-state index in [9.17, 15) is 14.7 Å². The van der Waals surface area contributed by atoms with Crippen LogP contribution in [0.25, 0.3) is 0 Å². The third kappa shape index (κ3) is 6.71. The lowest BCUT2D eigenvalue weighted by atomic mass is 10.1. The molecule has 0 unspecified atom stereocenters. The van der Waals surface area contributed by atoms with Gasteiger partial charge in [-0.3, -0.25) is 14.5 Å². The first kappa shape index (κ1) is 24.0. The van der Waals surface area contributed by atoms with Gasteiger partial charge in [-0.1, -0.05) is 12.1 Å². The van der Waals surface area contributed by atoms with Crippen molar-refractivity contribution in [2.45, 2.75) is 25.4 Å². The molecule has 1 atom stereocenters. The molecule has 0 aromatic heterocycles. The first-order valence-electron chi connectivity index (χ1n) is 12.0. The Balaban J connectivity index is 1.17. The minimum Gasteiger partial charge on any atom is -0.508 e. The van der Waals surface area contributed by atoms with E-state index in [0.717, 1.165) is 44.9 Å². The van der Waals surface area contributed by atoms with Crippen LogP contribution in [-0.2, 0) is 11.3 Å². The summed E-state index contributed by atoms with van der Waals surface area (Å²) in [6, 6.07) is 14.8. The van der Waals surface area contributed by atoms with Crippen LogP contribution >= 0.6 is 0 Å². The van der Waals surface area contributed by atoms with E-state index in [2.05, 4.69) is 34.3 Å². The van der Waals surface area contributed by atoms with Crippen LogP contribution < -0.4 is 10.1 Å². The Morgan fingerprint density at radius 3 is 2.62 bits per heavy atom. The number of nitrogens with one attached hydrogen (secondary N) is 1. The second kappa shape index (κ2) is 11.4. The van der Waals surface area contributed by atoms with E-state index in [-0.39, 0.29) is 23.6 Å². The molecule has 2 aliphatic heterocycles. The van der Waals surface area contributed by atoms with Gasteiger partial charge in [0.2, 0.25) is 5.91 Å². The molecule has 2 aliphatic rings. The average molecular weight is 467 g/mol. The van der Waals surface area contributed by atoms with Crippen LogP contribution in [0, 0.1) is 0 Å². The maximum atomic E-state index is 12.6. The summed E-state index contributed by atoms with van der Waals surface area (Å²) in [7, 11) is 2.07. The van der Waals surface area contributed by atoms with Gasteiger partial charge in [-0.05, 0) is 55.4 Å². The molecular formula is C26H34N4O4. The van der Waals surface area contributed by atoms with Crippen molar-refractivity contribution in [3.05, 3.63) is 59.7 Å². The molecule has 2 aromatic carbocycles.